The van der Waals surface area contributed by atoms with Crippen molar-refractivity contribution >= 4 is 40.2 Å². The average Bonchev–Trinajstić information content (AvgIpc) is 2.62. The summed E-state index contributed by atoms with van der Waals surface area (Å²) < 4.78 is 0. The highest BCUT2D eigenvalue weighted by molar-refractivity contribution is 6.31. The molecule has 0 bridgehead atoms. The fourth-order valence-corrected chi connectivity index (χ4v) is 3.26. The highest BCUT2D eigenvalue weighted by atomic mass is 35.5. The van der Waals surface area contributed by atoms with Crippen LogP contribution in [0.5, 0.6) is 0 Å². The maximum Gasteiger partial charge on any atom is 0.101 e. The molecule has 1 aliphatic rings. The zero-order chi connectivity index (χ0) is 17.6. The standard InChI is InChI=1S/C18H23ClN6/c19-14-1-2-15-16(4-6-22-17(15)13-14)23-7-8-24-9-11-25(12-10-24)18(21)3-5-20/h1-2,4-6,13,20-21H,3,7-12H2,(H,22,23). The van der Waals surface area contributed by atoms with E-state index in [1.54, 1.807) is 6.20 Å². The van der Waals surface area contributed by atoms with E-state index in [9.17, 15) is 0 Å². The highest BCUT2D eigenvalue weighted by Gasteiger charge is 2.17. The Morgan fingerprint density at radius 3 is 2.80 bits per heavy atom. The number of nitrogens with one attached hydrogen (secondary N) is 3. The lowest BCUT2D eigenvalue weighted by molar-refractivity contribution is 0.186. The number of hydrogen-bond acceptors (Lipinski definition) is 5. The number of hydrogen-bond donors (Lipinski definition) is 3. The molecule has 6 nitrogen and oxygen atoms in total. The Morgan fingerprint density at radius 1 is 1.24 bits per heavy atom. The van der Waals surface area contributed by atoms with Crippen molar-refractivity contribution in [3.8, 4) is 0 Å². The lowest BCUT2D eigenvalue weighted by Gasteiger charge is -2.36. The third-order valence-electron chi connectivity index (χ3n) is 4.50. The van der Waals surface area contributed by atoms with Crippen LogP contribution in [0.1, 0.15) is 6.42 Å². The van der Waals surface area contributed by atoms with Crippen LogP contribution in [0.25, 0.3) is 10.9 Å². The molecule has 1 aliphatic heterocycles. The molecule has 0 unspecified atom stereocenters. The van der Waals surface area contributed by atoms with Gasteiger partial charge < -0.3 is 15.6 Å². The molecule has 1 aromatic heterocycles. The summed E-state index contributed by atoms with van der Waals surface area (Å²) in [6.45, 7) is 5.46. The molecule has 132 valence electrons. The van der Waals surface area contributed by atoms with Gasteiger partial charge in [-0.1, -0.05) is 11.6 Å². The van der Waals surface area contributed by atoms with Gasteiger partial charge in [-0.2, -0.15) is 0 Å². The second-order valence-corrected chi connectivity index (χ2v) is 6.57. The molecular weight excluding hydrogens is 336 g/mol. The number of aromatic nitrogens is 1. The van der Waals surface area contributed by atoms with Gasteiger partial charge >= 0.3 is 0 Å². The minimum atomic E-state index is 0.431. The van der Waals surface area contributed by atoms with Crippen LogP contribution in [-0.4, -0.2) is 66.1 Å². The monoisotopic (exact) mass is 358 g/mol. The number of anilines is 1. The van der Waals surface area contributed by atoms with E-state index in [-0.39, 0.29) is 0 Å². The molecule has 0 atom stereocenters. The van der Waals surface area contributed by atoms with Crippen molar-refractivity contribution in [1.82, 2.24) is 14.8 Å². The number of halogens is 1. The van der Waals surface area contributed by atoms with Crippen molar-refractivity contribution in [3.05, 3.63) is 35.5 Å². The Kier molecular flexibility index (Phi) is 5.83. The first-order chi connectivity index (χ1) is 12.2. The summed E-state index contributed by atoms with van der Waals surface area (Å²) in [5.74, 6) is 0.551. The van der Waals surface area contributed by atoms with E-state index in [0.717, 1.165) is 55.9 Å². The molecule has 1 saturated heterocycles. The van der Waals surface area contributed by atoms with E-state index in [0.29, 0.717) is 17.3 Å². The maximum absolute atomic E-state index is 7.92. The van der Waals surface area contributed by atoms with Crippen molar-refractivity contribution < 1.29 is 0 Å². The molecular formula is C18H23ClN6. The summed E-state index contributed by atoms with van der Waals surface area (Å²) in [4.78, 5) is 8.83. The van der Waals surface area contributed by atoms with Gasteiger partial charge in [-0.25, -0.2) is 0 Å². The molecule has 1 fully saturated rings. The smallest absolute Gasteiger partial charge is 0.101 e. The minimum Gasteiger partial charge on any atom is -0.383 e. The third-order valence-corrected chi connectivity index (χ3v) is 4.73. The lowest BCUT2D eigenvalue weighted by Crippen LogP contribution is -2.49. The highest BCUT2D eigenvalue weighted by Crippen LogP contribution is 2.24. The second-order valence-electron chi connectivity index (χ2n) is 6.13. The largest absolute Gasteiger partial charge is 0.383 e. The van der Waals surface area contributed by atoms with Crippen LogP contribution < -0.4 is 5.32 Å². The van der Waals surface area contributed by atoms with Gasteiger partial charge in [0.05, 0.1) is 5.52 Å². The summed E-state index contributed by atoms with van der Waals surface area (Å²) in [6, 6.07) is 7.76. The van der Waals surface area contributed by atoms with Crippen LogP contribution in [0, 0.1) is 10.8 Å². The first kappa shape index (κ1) is 17.6. The predicted molar refractivity (Wildman–Crippen MR) is 104 cm³/mol. The van der Waals surface area contributed by atoms with Crippen LogP contribution in [0.2, 0.25) is 5.02 Å². The van der Waals surface area contributed by atoms with Crippen LogP contribution >= 0.6 is 11.6 Å². The number of amidine groups is 1. The van der Waals surface area contributed by atoms with Gasteiger partial charge in [-0.15, -0.1) is 0 Å². The molecule has 2 aromatic rings. The number of pyridine rings is 1. The molecule has 0 spiro atoms. The SMILES string of the molecule is N=CCC(=N)N1CCN(CCNc2ccnc3cc(Cl)ccc23)CC1. The van der Waals surface area contributed by atoms with Gasteiger partial charge in [0.2, 0.25) is 0 Å². The number of benzene rings is 1. The quantitative estimate of drug-likeness (QED) is 0.548. The van der Waals surface area contributed by atoms with E-state index in [1.807, 2.05) is 24.3 Å². The predicted octanol–water partition coefficient (Wildman–Crippen LogP) is 2.93. The first-order valence-electron chi connectivity index (χ1n) is 8.49. The minimum absolute atomic E-state index is 0.431. The first-order valence-corrected chi connectivity index (χ1v) is 8.87. The van der Waals surface area contributed by atoms with Gasteiger partial charge in [0.25, 0.3) is 0 Å². The van der Waals surface area contributed by atoms with Gasteiger partial charge in [-0.05, 0) is 24.3 Å². The van der Waals surface area contributed by atoms with Crippen LogP contribution in [0.3, 0.4) is 0 Å². The van der Waals surface area contributed by atoms with Gasteiger partial charge in [0, 0.05) is 74.2 Å². The van der Waals surface area contributed by atoms with Gasteiger partial charge in [0.1, 0.15) is 5.84 Å². The van der Waals surface area contributed by atoms with E-state index >= 15 is 0 Å². The van der Waals surface area contributed by atoms with Crippen molar-refractivity contribution in [1.29, 1.82) is 10.8 Å². The number of rotatable bonds is 6. The Morgan fingerprint density at radius 2 is 2.04 bits per heavy atom. The molecule has 3 N–H and O–H groups in total. The summed E-state index contributed by atoms with van der Waals surface area (Å²) >= 11 is 6.03. The number of nitrogens with zero attached hydrogens (tertiary/aromatic N) is 3. The summed E-state index contributed by atoms with van der Waals surface area (Å²) in [5, 5.41) is 20.3. The van der Waals surface area contributed by atoms with Crippen molar-refractivity contribution in [3.63, 3.8) is 0 Å². The molecule has 1 aromatic carbocycles. The fraction of sp³-hybridized carbons (Fsp3) is 0.389. The topological polar surface area (TPSA) is 79.1 Å². The van der Waals surface area contributed by atoms with E-state index < -0.39 is 0 Å². The molecule has 0 amide bonds. The molecule has 0 aliphatic carbocycles. The van der Waals surface area contributed by atoms with Crippen LogP contribution in [0.15, 0.2) is 30.5 Å². The van der Waals surface area contributed by atoms with E-state index in [1.165, 1.54) is 6.21 Å². The Bertz CT molecular complexity index is 754. The zero-order valence-electron chi connectivity index (χ0n) is 14.1. The van der Waals surface area contributed by atoms with Crippen molar-refractivity contribution in [2.75, 3.05) is 44.6 Å². The van der Waals surface area contributed by atoms with Crippen molar-refractivity contribution in [2.45, 2.75) is 6.42 Å². The summed E-state index contributed by atoms with van der Waals surface area (Å²) in [6.07, 6.45) is 3.53. The summed E-state index contributed by atoms with van der Waals surface area (Å²) in [7, 11) is 0. The Balaban J connectivity index is 1.49. The van der Waals surface area contributed by atoms with E-state index in [4.69, 9.17) is 22.4 Å². The average molecular weight is 359 g/mol. The third kappa shape index (κ3) is 4.46. The van der Waals surface area contributed by atoms with Gasteiger partial charge in [0.15, 0.2) is 0 Å². The normalized spacial score (nSPS) is 15.3. The Labute approximate surface area is 152 Å². The van der Waals surface area contributed by atoms with Crippen LogP contribution in [0.4, 0.5) is 5.69 Å². The number of piperazine rings is 1. The fourth-order valence-electron chi connectivity index (χ4n) is 3.09. The molecule has 3 rings (SSSR count). The maximum atomic E-state index is 7.92. The molecule has 25 heavy (non-hydrogen) atoms. The number of fused-ring (bicyclic) bond motifs is 1. The van der Waals surface area contributed by atoms with E-state index in [2.05, 4.69) is 20.1 Å². The summed E-state index contributed by atoms with van der Waals surface area (Å²) in [5.41, 5.74) is 1.98. The lowest BCUT2D eigenvalue weighted by atomic mass is 10.2. The second kappa shape index (κ2) is 8.27. The Hall–Kier alpha value is -2.18. The van der Waals surface area contributed by atoms with Crippen LogP contribution in [-0.2, 0) is 0 Å². The molecule has 0 saturated carbocycles. The zero-order valence-corrected chi connectivity index (χ0v) is 14.9. The molecule has 7 heteroatoms. The van der Waals surface area contributed by atoms with Crippen molar-refractivity contribution in [2.24, 2.45) is 0 Å². The molecule has 2 heterocycles. The molecule has 0 radical (unpaired) electrons. The van der Waals surface area contributed by atoms with Gasteiger partial charge in [-0.3, -0.25) is 15.3 Å².